The van der Waals surface area contributed by atoms with Gasteiger partial charge < -0.3 is 9.64 Å². The van der Waals surface area contributed by atoms with Crippen molar-refractivity contribution in [2.45, 2.75) is 84.1 Å². The highest BCUT2D eigenvalue weighted by Gasteiger charge is 2.60. The van der Waals surface area contributed by atoms with Crippen molar-refractivity contribution in [1.82, 2.24) is 4.90 Å². The van der Waals surface area contributed by atoms with Crippen LogP contribution in [0.15, 0.2) is 30.3 Å². The van der Waals surface area contributed by atoms with Crippen LogP contribution in [0.3, 0.4) is 0 Å². The van der Waals surface area contributed by atoms with Crippen LogP contribution in [-0.4, -0.2) is 29.9 Å². The van der Waals surface area contributed by atoms with Gasteiger partial charge in [-0.2, -0.15) is 0 Å². The van der Waals surface area contributed by atoms with E-state index in [4.69, 9.17) is 4.74 Å². The third-order valence-corrected chi connectivity index (χ3v) is 10.4. The topological polar surface area (TPSA) is 46.6 Å². The molecule has 4 nitrogen and oxygen atoms in total. The van der Waals surface area contributed by atoms with Gasteiger partial charge >= 0.3 is 5.97 Å². The molecule has 3 saturated carbocycles. The molecule has 0 unspecified atom stereocenters. The second-order valence-electron chi connectivity index (χ2n) is 11.6. The molecule has 0 spiro atoms. The van der Waals surface area contributed by atoms with Gasteiger partial charge in [0.15, 0.2) is 0 Å². The highest BCUT2D eigenvalue weighted by atomic mass is 16.5. The summed E-state index contributed by atoms with van der Waals surface area (Å²) in [6.07, 6.45) is 10.8. The van der Waals surface area contributed by atoms with Crippen LogP contribution in [0.4, 0.5) is 0 Å². The SMILES string of the molecule is CN1C(=O)CC[C@]2(C)[C@H]3CC[C@]4(C)[C@@H](CCC(=O)Oc5ccccc5)CC[C@H]4[C@@H]3CC[C@@H]12. The minimum absolute atomic E-state index is 0.0973. The van der Waals surface area contributed by atoms with Gasteiger partial charge in [-0.05, 0) is 98.0 Å². The molecule has 4 aliphatic rings. The highest BCUT2D eigenvalue weighted by Crippen LogP contribution is 2.66. The lowest BCUT2D eigenvalue weighted by atomic mass is 9.46. The summed E-state index contributed by atoms with van der Waals surface area (Å²) in [5.74, 6) is 3.83. The van der Waals surface area contributed by atoms with Crippen molar-refractivity contribution in [2.24, 2.45) is 34.5 Å². The molecule has 0 aromatic heterocycles. The van der Waals surface area contributed by atoms with E-state index in [2.05, 4.69) is 18.7 Å². The Morgan fingerprint density at radius 1 is 1.00 bits per heavy atom. The predicted octanol–water partition coefficient (Wildman–Crippen LogP) is 5.85. The molecule has 0 bridgehead atoms. The summed E-state index contributed by atoms with van der Waals surface area (Å²) in [6, 6.07) is 9.86. The number of benzene rings is 1. The molecular formula is C28H39NO3. The number of nitrogens with zero attached hydrogens (tertiary/aromatic N) is 1. The zero-order valence-electron chi connectivity index (χ0n) is 20.0. The van der Waals surface area contributed by atoms with E-state index in [1.165, 1.54) is 38.5 Å². The summed E-state index contributed by atoms with van der Waals surface area (Å²) >= 11 is 0. The van der Waals surface area contributed by atoms with Crippen molar-refractivity contribution in [1.29, 1.82) is 0 Å². The Kier molecular flexibility index (Phi) is 5.62. The van der Waals surface area contributed by atoms with Crippen LogP contribution in [0.25, 0.3) is 0 Å². The first kappa shape index (κ1) is 22.0. The van der Waals surface area contributed by atoms with Crippen LogP contribution >= 0.6 is 0 Å². The number of fused-ring (bicyclic) bond motifs is 5. The van der Waals surface area contributed by atoms with Gasteiger partial charge in [0.05, 0.1) is 0 Å². The third kappa shape index (κ3) is 3.49. The van der Waals surface area contributed by atoms with Crippen LogP contribution in [0.1, 0.15) is 78.1 Å². The number of likely N-dealkylation sites (tertiary alicyclic amines) is 1. The summed E-state index contributed by atoms with van der Waals surface area (Å²) in [6.45, 7) is 5.02. The molecule has 1 saturated heterocycles. The van der Waals surface area contributed by atoms with Gasteiger partial charge in [0.1, 0.15) is 5.75 Å². The molecular weight excluding hydrogens is 398 g/mol. The van der Waals surface area contributed by atoms with Gasteiger partial charge in [-0.15, -0.1) is 0 Å². The number of hydrogen-bond donors (Lipinski definition) is 0. The summed E-state index contributed by atoms with van der Waals surface area (Å²) in [4.78, 5) is 26.9. The first-order valence-corrected chi connectivity index (χ1v) is 12.8. The maximum atomic E-state index is 12.5. The van der Waals surface area contributed by atoms with Crippen LogP contribution in [0, 0.1) is 34.5 Å². The fourth-order valence-corrected chi connectivity index (χ4v) is 8.70. The Bertz CT molecular complexity index is 869. The molecule has 32 heavy (non-hydrogen) atoms. The quantitative estimate of drug-likeness (QED) is 0.438. The number of carbonyl (C=O) groups is 2. The van der Waals surface area contributed by atoms with E-state index in [9.17, 15) is 9.59 Å². The molecule has 3 aliphatic carbocycles. The number of ether oxygens (including phenoxy) is 1. The fraction of sp³-hybridized carbons (Fsp3) is 0.714. The lowest BCUT2D eigenvalue weighted by molar-refractivity contribution is -0.158. The smallest absolute Gasteiger partial charge is 0.311 e. The second kappa shape index (κ2) is 8.18. The lowest BCUT2D eigenvalue weighted by Gasteiger charge is -2.62. The predicted molar refractivity (Wildman–Crippen MR) is 125 cm³/mol. The molecule has 1 heterocycles. The van der Waals surface area contributed by atoms with E-state index in [-0.39, 0.29) is 11.4 Å². The van der Waals surface area contributed by atoms with Crippen molar-refractivity contribution >= 4 is 11.9 Å². The number of esters is 1. The molecule has 1 aliphatic heterocycles. The van der Waals surface area contributed by atoms with E-state index in [1.54, 1.807) is 0 Å². The standard InChI is InChI=1S/C28H39NO3/c1-27-17-15-23-21(11-13-24-28(23,2)18-16-25(30)29(24)3)22(27)12-9-19(27)10-14-26(31)32-20-7-5-4-6-8-20/h4-8,19,21-24H,9-18H2,1-3H3/t19-,21+,22+,23+,24-,27-,28-/m1/s1. The molecule has 1 amide bonds. The molecule has 1 aromatic rings. The molecule has 174 valence electrons. The van der Waals surface area contributed by atoms with Crippen LogP contribution < -0.4 is 4.74 Å². The van der Waals surface area contributed by atoms with Gasteiger partial charge in [0.25, 0.3) is 0 Å². The van der Waals surface area contributed by atoms with Crippen LogP contribution in [-0.2, 0) is 9.59 Å². The van der Waals surface area contributed by atoms with Crippen molar-refractivity contribution in [3.05, 3.63) is 30.3 Å². The van der Waals surface area contributed by atoms with E-state index < -0.39 is 0 Å². The summed E-state index contributed by atoms with van der Waals surface area (Å²) in [7, 11) is 2.04. The van der Waals surface area contributed by atoms with Gasteiger partial charge in [-0.25, -0.2) is 0 Å². The Balaban J connectivity index is 1.25. The van der Waals surface area contributed by atoms with E-state index >= 15 is 0 Å². The summed E-state index contributed by atoms with van der Waals surface area (Å²) < 4.78 is 5.55. The lowest BCUT2D eigenvalue weighted by Crippen LogP contribution is -2.61. The Labute approximate surface area is 193 Å². The molecule has 0 radical (unpaired) electrons. The third-order valence-electron chi connectivity index (χ3n) is 10.4. The molecule has 4 heteroatoms. The first-order valence-electron chi connectivity index (χ1n) is 12.8. The summed E-state index contributed by atoms with van der Waals surface area (Å²) in [5.41, 5.74) is 0.637. The number of hydrogen-bond acceptors (Lipinski definition) is 3. The largest absolute Gasteiger partial charge is 0.427 e. The van der Waals surface area contributed by atoms with Crippen molar-refractivity contribution in [3.63, 3.8) is 0 Å². The number of rotatable bonds is 4. The van der Waals surface area contributed by atoms with Gasteiger partial charge in [0, 0.05) is 25.9 Å². The van der Waals surface area contributed by atoms with E-state index in [0.717, 1.165) is 37.0 Å². The van der Waals surface area contributed by atoms with Gasteiger partial charge in [-0.1, -0.05) is 32.0 Å². The minimum Gasteiger partial charge on any atom is -0.427 e. The Morgan fingerprint density at radius 2 is 1.75 bits per heavy atom. The Morgan fingerprint density at radius 3 is 2.53 bits per heavy atom. The summed E-state index contributed by atoms with van der Waals surface area (Å²) in [5, 5.41) is 0. The molecule has 4 fully saturated rings. The number of para-hydroxylation sites is 1. The van der Waals surface area contributed by atoms with E-state index in [0.29, 0.717) is 35.5 Å². The normalized spacial score (nSPS) is 40.9. The van der Waals surface area contributed by atoms with Crippen molar-refractivity contribution in [3.8, 4) is 5.75 Å². The maximum Gasteiger partial charge on any atom is 0.311 e. The molecule has 0 N–H and O–H groups in total. The highest BCUT2D eigenvalue weighted by molar-refractivity contribution is 5.77. The first-order chi connectivity index (χ1) is 15.3. The molecule has 1 aromatic carbocycles. The number of piperidine rings is 1. The van der Waals surface area contributed by atoms with Crippen LogP contribution in [0.5, 0.6) is 5.75 Å². The monoisotopic (exact) mass is 437 g/mol. The number of amides is 1. The Hall–Kier alpha value is -1.84. The van der Waals surface area contributed by atoms with Crippen LogP contribution in [0.2, 0.25) is 0 Å². The van der Waals surface area contributed by atoms with Crippen molar-refractivity contribution < 1.29 is 14.3 Å². The zero-order valence-corrected chi connectivity index (χ0v) is 20.0. The fourth-order valence-electron chi connectivity index (χ4n) is 8.70. The number of carbonyl (C=O) groups excluding carboxylic acids is 2. The average Bonchev–Trinajstić information content (AvgIpc) is 3.12. The zero-order chi connectivity index (χ0) is 22.5. The molecule has 5 rings (SSSR count). The minimum atomic E-state index is -0.0973. The second-order valence-corrected chi connectivity index (χ2v) is 11.6. The maximum absolute atomic E-state index is 12.5. The van der Waals surface area contributed by atoms with E-state index in [1.807, 2.05) is 37.4 Å². The van der Waals surface area contributed by atoms with Crippen molar-refractivity contribution in [2.75, 3.05) is 7.05 Å². The molecule has 7 atom stereocenters. The van der Waals surface area contributed by atoms with Gasteiger partial charge in [-0.3, -0.25) is 9.59 Å². The average molecular weight is 438 g/mol. The van der Waals surface area contributed by atoms with Gasteiger partial charge in [0.2, 0.25) is 5.91 Å².